The highest BCUT2D eigenvalue weighted by Gasteiger charge is 2.56. The first-order chi connectivity index (χ1) is 9.53. The van der Waals surface area contributed by atoms with E-state index in [4.69, 9.17) is 0 Å². The highest BCUT2D eigenvalue weighted by Crippen LogP contribution is 2.65. The van der Waals surface area contributed by atoms with E-state index < -0.39 is 0 Å². The van der Waals surface area contributed by atoms with Crippen molar-refractivity contribution in [1.82, 2.24) is 0 Å². The van der Waals surface area contributed by atoms with Gasteiger partial charge < -0.3 is 0 Å². The van der Waals surface area contributed by atoms with Crippen molar-refractivity contribution >= 4 is 0 Å². The fourth-order valence-electron chi connectivity index (χ4n) is 7.15. The van der Waals surface area contributed by atoms with Gasteiger partial charge in [0.1, 0.15) is 0 Å². The van der Waals surface area contributed by atoms with Crippen molar-refractivity contribution in [3.63, 3.8) is 0 Å². The minimum atomic E-state index is 0.560. The monoisotopic (exact) mass is 272 g/mol. The Balaban J connectivity index is 1.65. The van der Waals surface area contributed by atoms with Gasteiger partial charge in [-0.2, -0.15) is 0 Å². The van der Waals surface area contributed by atoms with Crippen LogP contribution in [0.3, 0.4) is 0 Å². The van der Waals surface area contributed by atoms with Crippen LogP contribution in [0.15, 0.2) is 12.2 Å². The molecule has 7 atom stereocenters. The molecule has 0 aromatic heterocycles. The van der Waals surface area contributed by atoms with Crippen LogP contribution in [0.1, 0.15) is 72.1 Å². The molecule has 3 saturated carbocycles. The van der Waals surface area contributed by atoms with Crippen LogP contribution in [-0.4, -0.2) is 0 Å². The first-order valence-electron chi connectivity index (χ1n) is 9.21. The predicted molar refractivity (Wildman–Crippen MR) is 85.4 cm³/mol. The zero-order chi connectivity index (χ0) is 14.0. The Bertz CT molecular complexity index is 422. The maximum Gasteiger partial charge on any atom is -0.0112 e. The molecule has 0 aromatic rings. The molecule has 0 amide bonds. The lowest BCUT2D eigenvalue weighted by atomic mass is 9.44. The first-order valence-corrected chi connectivity index (χ1v) is 9.21. The van der Waals surface area contributed by atoms with Crippen molar-refractivity contribution in [2.75, 3.05) is 0 Å². The maximum atomic E-state index is 2.69. The minimum Gasteiger partial charge on any atom is -0.0877 e. The Labute approximate surface area is 125 Å². The molecule has 4 aliphatic rings. The summed E-state index contributed by atoms with van der Waals surface area (Å²) in [5, 5.41) is 0. The van der Waals surface area contributed by atoms with Gasteiger partial charge >= 0.3 is 0 Å². The Hall–Kier alpha value is -0.260. The van der Waals surface area contributed by atoms with E-state index in [0.717, 1.165) is 29.6 Å². The molecule has 0 saturated heterocycles. The second kappa shape index (κ2) is 4.37. The summed E-state index contributed by atoms with van der Waals surface area (Å²) in [6.45, 7) is 7.75. The molecule has 0 aliphatic heterocycles. The highest BCUT2D eigenvalue weighted by molar-refractivity contribution is 5.16. The summed E-state index contributed by atoms with van der Waals surface area (Å²) in [7, 11) is 0. The lowest BCUT2D eigenvalue weighted by molar-refractivity contribution is -0.106. The molecule has 3 fully saturated rings. The summed E-state index contributed by atoms with van der Waals surface area (Å²) < 4.78 is 0. The van der Waals surface area contributed by atoms with Crippen LogP contribution in [0.4, 0.5) is 0 Å². The lowest BCUT2D eigenvalue weighted by Gasteiger charge is -2.60. The molecule has 4 rings (SSSR count). The van der Waals surface area contributed by atoms with Gasteiger partial charge in [-0.3, -0.25) is 0 Å². The average molecular weight is 272 g/mol. The molecule has 0 heterocycles. The van der Waals surface area contributed by atoms with Crippen molar-refractivity contribution in [2.45, 2.75) is 72.1 Å². The third-order valence-corrected chi connectivity index (χ3v) is 8.19. The van der Waals surface area contributed by atoms with Crippen molar-refractivity contribution < 1.29 is 0 Å². The lowest BCUT2D eigenvalue weighted by Crippen LogP contribution is -2.52. The Morgan fingerprint density at radius 1 is 0.950 bits per heavy atom. The van der Waals surface area contributed by atoms with E-state index >= 15 is 0 Å². The molecule has 0 radical (unpaired) electrons. The van der Waals surface area contributed by atoms with Gasteiger partial charge in [0, 0.05) is 0 Å². The van der Waals surface area contributed by atoms with Crippen molar-refractivity contribution in [3.05, 3.63) is 12.2 Å². The molecule has 0 bridgehead atoms. The normalized spacial score (nSPS) is 57.9. The second-order valence-corrected chi connectivity index (χ2v) is 9.23. The third-order valence-electron chi connectivity index (χ3n) is 8.19. The summed E-state index contributed by atoms with van der Waals surface area (Å²) in [5.74, 6) is 5.09. The highest BCUT2D eigenvalue weighted by atomic mass is 14.6. The van der Waals surface area contributed by atoms with Crippen LogP contribution in [0.5, 0.6) is 0 Å². The first kappa shape index (κ1) is 13.4. The topological polar surface area (TPSA) is 0 Å². The van der Waals surface area contributed by atoms with Gasteiger partial charge in [0.15, 0.2) is 0 Å². The largest absolute Gasteiger partial charge is 0.0877 e. The van der Waals surface area contributed by atoms with E-state index in [0.29, 0.717) is 10.8 Å². The Morgan fingerprint density at radius 3 is 2.60 bits per heavy atom. The van der Waals surface area contributed by atoms with E-state index in [1.807, 2.05) is 0 Å². The van der Waals surface area contributed by atoms with Crippen LogP contribution in [0.2, 0.25) is 0 Å². The third kappa shape index (κ3) is 1.72. The van der Waals surface area contributed by atoms with E-state index in [1.54, 1.807) is 6.42 Å². The standard InChI is InChI=1S/C20H32/c1-14-6-7-15-8-9-16-17-5-4-11-19(17,2)12-10-18(16)20(15,3)13-14/h4,11,14-18H,5-10,12-13H2,1-3H3/t14?,15?,16-,17-,18-,19-,20-/m0/s1. The number of hydrogen-bond donors (Lipinski definition) is 0. The molecule has 0 N–H and O–H groups in total. The minimum absolute atomic E-state index is 0.560. The fraction of sp³-hybridized carbons (Fsp3) is 0.900. The van der Waals surface area contributed by atoms with Crippen LogP contribution < -0.4 is 0 Å². The molecule has 0 nitrogen and oxygen atoms in total. The SMILES string of the molecule is CC1CCC2CC[C@H]3[C@@H]4CC=C[C@@]4(C)CC[C@@H]3[C@@]2(C)C1. The number of allylic oxidation sites excluding steroid dienone is 2. The van der Waals surface area contributed by atoms with Crippen LogP contribution in [-0.2, 0) is 0 Å². The van der Waals surface area contributed by atoms with E-state index in [1.165, 1.54) is 44.9 Å². The van der Waals surface area contributed by atoms with Crippen LogP contribution in [0, 0.1) is 40.4 Å². The quantitative estimate of drug-likeness (QED) is 0.487. The van der Waals surface area contributed by atoms with Gasteiger partial charge in [-0.15, -0.1) is 0 Å². The van der Waals surface area contributed by atoms with Gasteiger partial charge in [-0.25, -0.2) is 0 Å². The molecule has 2 unspecified atom stereocenters. The molecule has 0 heteroatoms. The van der Waals surface area contributed by atoms with Crippen molar-refractivity contribution in [3.8, 4) is 0 Å². The van der Waals surface area contributed by atoms with Crippen molar-refractivity contribution in [2.24, 2.45) is 40.4 Å². The zero-order valence-electron chi connectivity index (χ0n) is 13.7. The zero-order valence-corrected chi connectivity index (χ0v) is 13.7. The van der Waals surface area contributed by atoms with Gasteiger partial charge in [0.05, 0.1) is 0 Å². The van der Waals surface area contributed by atoms with Gasteiger partial charge in [-0.1, -0.05) is 39.3 Å². The molecule has 20 heavy (non-hydrogen) atoms. The molecule has 0 aromatic carbocycles. The van der Waals surface area contributed by atoms with Crippen molar-refractivity contribution in [1.29, 1.82) is 0 Å². The Morgan fingerprint density at radius 2 is 1.75 bits per heavy atom. The number of fused-ring (bicyclic) bond motifs is 5. The summed E-state index contributed by atoms with van der Waals surface area (Å²) in [4.78, 5) is 0. The summed E-state index contributed by atoms with van der Waals surface area (Å²) in [6, 6.07) is 0. The molecule has 0 spiro atoms. The van der Waals surface area contributed by atoms with Crippen LogP contribution >= 0.6 is 0 Å². The number of rotatable bonds is 0. The second-order valence-electron chi connectivity index (χ2n) is 9.23. The van der Waals surface area contributed by atoms with Crippen LogP contribution in [0.25, 0.3) is 0 Å². The van der Waals surface area contributed by atoms with Gasteiger partial charge in [0.2, 0.25) is 0 Å². The molecule has 112 valence electrons. The summed E-state index contributed by atoms with van der Waals surface area (Å²) >= 11 is 0. The summed E-state index contributed by atoms with van der Waals surface area (Å²) in [5.41, 5.74) is 1.25. The Kier molecular flexibility index (Phi) is 2.93. The summed E-state index contributed by atoms with van der Waals surface area (Å²) in [6.07, 6.45) is 17.1. The van der Waals surface area contributed by atoms with E-state index in [9.17, 15) is 0 Å². The number of hydrogen-bond acceptors (Lipinski definition) is 0. The van der Waals surface area contributed by atoms with E-state index in [2.05, 4.69) is 32.9 Å². The smallest absolute Gasteiger partial charge is 0.0112 e. The fourth-order valence-corrected chi connectivity index (χ4v) is 7.15. The van der Waals surface area contributed by atoms with E-state index in [-0.39, 0.29) is 0 Å². The molecular weight excluding hydrogens is 240 g/mol. The maximum absolute atomic E-state index is 2.69. The van der Waals surface area contributed by atoms with Gasteiger partial charge in [-0.05, 0) is 85.4 Å². The molecular formula is C20H32. The predicted octanol–water partition coefficient (Wildman–Crippen LogP) is 5.83. The molecule has 4 aliphatic carbocycles. The van der Waals surface area contributed by atoms with Gasteiger partial charge in [0.25, 0.3) is 0 Å². The average Bonchev–Trinajstić information content (AvgIpc) is 2.79.